The normalized spacial score (nSPS) is 10.4. The molecule has 1 amide bonds. The van der Waals surface area contributed by atoms with Gasteiger partial charge in [-0.05, 0) is 23.6 Å². The lowest BCUT2D eigenvalue weighted by atomic mass is 10.3. The van der Waals surface area contributed by atoms with E-state index < -0.39 is 11.9 Å². The quantitative estimate of drug-likeness (QED) is 0.752. The Kier molecular flexibility index (Phi) is 3.80. The molecule has 0 radical (unpaired) electrons. The molecule has 0 atom stereocenters. The fourth-order valence-corrected chi connectivity index (χ4v) is 2.68. The van der Waals surface area contributed by atoms with Crippen LogP contribution >= 0.6 is 11.3 Å². The molecule has 2 heterocycles. The number of hydrogen-bond acceptors (Lipinski definition) is 6. The molecule has 0 spiro atoms. The summed E-state index contributed by atoms with van der Waals surface area (Å²) in [7, 11) is 1.29. The number of methoxy groups -OCH3 is 1. The van der Waals surface area contributed by atoms with Crippen LogP contribution in [0.4, 0.5) is 5.00 Å². The molecule has 6 nitrogen and oxygen atoms in total. The van der Waals surface area contributed by atoms with Crippen LogP contribution in [0.3, 0.4) is 0 Å². The van der Waals surface area contributed by atoms with E-state index in [0.29, 0.717) is 21.6 Å². The topological polar surface area (TPSA) is 81.2 Å². The molecule has 3 aromatic rings. The van der Waals surface area contributed by atoms with Crippen LogP contribution in [-0.4, -0.2) is 29.0 Å². The van der Waals surface area contributed by atoms with Crippen LogP contribution in [0.15, 0.2) is 41.9 Å². The van der Waals surface area contributed by atoms with Crippen molar-refractivity contribution >= 4 is 39.2 Å². The summed E-state index contributed by atoms with van der Waals surface area (Å²) in [6.07, 6.45) is 1.41. The molecule has 0 bridgehead atoms. The molecule has 110 valence electrons. The number of hydrogen-bond donors (Lipinski definition) is 1. The monoisotopic (exact) mass is 313 g/mol. The van der Waals surface area contributed by atoms with Crippen LogP contribution in [0.1, 0.15) is 20.8 Å². The Morgan fingerprint density at radius 3 is 2.73 bits per heavy atom. The summed E-state index contributed by atoms with van der Waals surface area (Å²) in [5, 5.41) is 4.79. The van der Waals surface area contributed by atoms with E-state index in [1.54, 1.807) is 17.5 Å². The van der Waals surface area contributed by atoms with Gasteiger partial charge in [0, 0.05) is 0 Å². The van der Waals surface area contributed by atoms with Crippen LogP contribution in [-0.2, 0) is 4.74 Å². The van der Waals surface area contributed by atoms with E-state index in [0.717, 1.165) is 0 Å². The molecule has 0 unspecified atom stereocenters. The van der Waals surface area contributed by atoms with Gasteiger partial charge in [-0.25, -0.2) is 9.78 Å². The third-order valence-corrected chi connectivity index (χ3v) is 3.81. The van der Waals surface area contributed by atoms with E-state index >= 15 is 0 Å². The van der Waals surface area contributed by atoms with E-state index in [4.69, 9.17) is 0 Å². The second kappa shape index (κ2) is 5.90. The maximum absolute atomic E-state index is 12.3. The number of aromatic nitrogens is 2. The number of nitrogens with one attached hydrogen (secondary N) is 1. The number of benzene rings is 1. The Morgan fingerprint density at radius 1 is 1.18 bits per heavy atom. The van der Waals surface area contributed by atoms with Crippen molar-refractivity contribution in [2.24, 2.45) is 0 Å². The number of fused-ring (bicyclic) bond motifs is 1. The summed E-state index contributed by atoms with van der Waals surface area (Å²) in [5.41, 5.74) is 1.84. The van der Waals surface area contributed by atoms with Crippen molar-refractivity contribution in [3.63, 3.8) is 0 Å². The highest BCUT2D eigenvalue weighted by molar-refractivity contribution is 7.14. The van der Waals surface area contributed by atoms with Gasteiger partial charge in [0.2, 0.25) is 0 Å². The molecule has 2 aromatic heterocycles. The fourth-order valence-electron chi connectivity index (χ4n) is 1.91. The van der Waals surface area contributed by atoms with Crippen LogP contribution < -0.4 is 5.32 Å². The average Bonchev–Trinajstić information content (AvgIpc) is 3.01. The number of rotatable bonds is 3. The van der Waals surface area contributed by atoms with Gasteiger partial charge in [-0.2, -0.15) is 0 Å². The minimum atomic E-state index is -0.499. The number of amides is 1. The molecule has 3 rings (SSSR count). The summed E-state index contributed by atoms with van der Waals surface area (Å²) >= 11 is 1.24. The Morgan fingerprint density at radius 2 is 1.95 bits per heavy atom. The lowest BCUT2D eigenvalue weighted by molar-refractivity contribution is 0.0602. The largest absolute Gasteiger partial charge is 0.465 e. The number of esters is 1. The highest BCUT2D eigenvalue weighted by Crippen LogP contribution is 2.24. The van der Waals surface area contributed by atoms with Crippen molar-refractivity contribution in [2.75, 3.05) is 12.4 Å². The van der Waals surface area contributed by atoms with Crippen molar-refractivity contribution in [3.05, 3.63) is 53.2 Å². The second-order valence-corrected chi connectivity index (χ2v) is 5.27. The number of carbonyl (C=O) groups excluding carboxylic acids is 2. The van der Waals surface area contributed by atoms with Gasteiger partial charge in [0.1, 0.15) is 10.7 Å². The molecule has 0 aliphatic heterocycles. The number of nitrogens with zero attached hydrogens (tertiary/aromatic N) is 2. The van der Waals surface area contributed by atoms with E-state index in [1.807, 2.05) is 18.2 Å². The summed E-state index contributed by atoms with van der Waals surface area (Å²) < 4.78 is 4.67. The molecule has 0 saturated heterocycles. The molecule has 22 heavy (non-hydrogen) atoms. The highest BCUT2D eigenvalue weighted by atomic mass is 32.1. The first-order chi connectivity index (χ1) is 10.7. The Balaban J connectivity index is 1.87. The van der Waals surface area contributed by atoms with Crippen LogP contribution in [0, 0.1) is 0 Å². The van der Waals surface area contributed by atoms with Crippen molar-refractivity contribution in [3.8, 4) is 0 Å². The molecule has 1 N–H and O–H groups in total. The molecule has 1 aromatic carbocycles. The van der Waals surface area contributed by atoms with E-state index in [1.165, 1.54) is 24.6 Å². The first-order valence-electron chi connectivity index (χ1n) is 6.38. The Bertz CT molecular complexity index is 860. The SMILES string of the molecule is COC(=O)c1ccsc1NC(=O)c1cnc2ccccc2n1. The number of thiophene rings is 1. The summed E-state index contributed by atoms with van der Waals surface area (Å²) in [4.78, 5) is 32.3. The lowest BCUT2D eigenvalue weighted by Gasteiger charge is -2.05. The highest BCUT2D eigenvalue weighted by Gasteiger charge is 2.17. The van der Waals surface area contributed by atoms with Crippen LogP contribution in [0.2, 0.25) is 0 Å². The average molecular weight is 313 g/mol. The third-order valence-electron chi connectivity index (χ3n) is 2.98. The van der Waals surface area contributed by atoms with Gasteiger partial charge in [-0.15, -0.1) is 11.3 Å². The maximum Gasteiger partial charge on any atom is 0.340 e. The minimum Gasteiger partial charge on any atom is -0.465 e. The predicted octanol–water partition coefficient (Wildman–Crippen LogP) is 2.73. The number of anilines is 1. The second-order valence-electron chi connectivity index (χ2n) is 4.35. The van der Waals surface area contributed by atoms with Crippen molar-refractivity contribution in [1.29, 1.82) is 0 Å². The van der Waals surface area contributed by atoms with Gasteiger partial charge in [0.05, 0.1) is 29.9 Å². The van der Waals surface area contributed by atoms with Gasteiger partial charge in [-0.3, -0.25) is 9.78 Å². The molecule has 0 aliphatic carbocycles. The van der Waals surface area contributed by atoms with E-state index in [-0.39, 0.29) is 5.69 Å². The maximum atomic E-state index is 12.3. The van der Waals surface area contributed by atoms with Crippen molar-refractivity contribution in [1.82, 2.24) is 9.97 Å². The Hall–Kier alpha value is -2.80. The summed E-state index contributed by atoms with van der Waals surface area (Å²) in [5.74, 6) is -0.924. The summed E-state index contributed by atoms with van der Waals surface area (Å²) in [6, 6.07) is 8.87. The van der Waals surface area contributed by atoms with Gasteiger partial charge >= 0.3 is 5.97 Å². The van der Waals surface area contributed by atoms with Crippen molar-refractivity contribution in [2.45, 2.75) is 0 Å². The Labute approximate surface area is 129 Å². The van der Waals surface area contributed by atoms with Crippen LogP contribution in [0.5, 0.6) is 0 Å². The zero-order valence-electron chi connectivity index (χ0n) is 11.6. The first-order valence-corrected chi connectivity index (χ1v) is 7.26. The zero-order chi connectivity index (χ0) is 15.5. The van der Waals surface area contributed by atoms with Gasteiger partial charge in [-0.1, -0.05) is 12.1 Å². The van der Waals surface area contributed by atoms with Gasteiger partial charge < -0.3 is 10.1 Å². The molecule has 7 heteroatoms. The van der Waals surface area contributed by atoms with Gasteiger partial charge in [0.25, 0.3) is 5.91 Å². The molecule has 0 fully saturated rings. The number of para-hydroxylation sites is 2. The lowest BCUT2D eigenvalue weighted by Crippen LogP contribution is -2.15. The van der Waals surface area contributed by atoms with Gasteiger partial charge in [0.15, 0.2) is 0 Å². The minimum absolute atomic E-state index is 0.183. The molecular formula is C15H11N3O3S. The summed E-state index contributed by atoms with van der Waals surface area (Å²) in [6.45, 7) is 0. The molecule has 0 aliphatic rings. The molecular weight excluding hydrogens is 302 g/mol. The number of ether oxygens (including phenoxy) is 1. The smallest absolute Gasteiger partial charge is 0.340 e. The fraction of sp³-hybridized carbons (Fsp3) is 0.0667. The standard InChI is InChI=1S/C15H11N3O3S/c1-21-15(20)9-6-7-22-14(9)18-13(19)12-8-16-10-4-2-3-5-11(10)17-12/h2-8H,1H3,(H,18,19). The number of carbonyl (C=O) groups is 2. The zero-order valence-corrected chi connectivity index (χ0v) is 12.4. The first kappa shape index (κ1) is 14.2. The molecule has 0 saturated carbocycles. The third kappa shape index (κ3) is 2.66. The van der Waals surface area contributed by atoms with E-state index in [9.17, 15) is 9.59 Å². The predicted molar refractivity (Wildman–Crippen MR) is 83.1 cm³/mol. The van der Waals surface area contributed by atoms with E-state index in [2.05, 4.69) is 20.0 Å². The van der Waals surface area contributed by atoms with Crippen molar-refractivity contribution < 1.29 is 14.3 Å². The van der Waals surface area contributed by atoms with Crippen LogP contribution in [0.25, 0.3) is 11.0 Å².